The first kappa shape index (κ1) is 107. The van der Waals surface area contributed by atoms with Crippen molar-refractivity contribution < 1.29 is 106 Å². The average Bonchev–Trinajstić information content (AvgIpc) is 1.78. The van der Waals surface area contributed by atoms with Crippen LogP contribution in [0.5, 0.6) is 5.75 Å². The number of aromatic hydroxyl groups is 1. The van der Waals surface area contributed by atoms with E-state index in [0.29, 0.717) is 63.6 Å². The Bertz CT molecular complexity index is 5230. The first-order valence-electron chi connectivity index (χ1n) is 44.6. The van der Waals surface area contributed by atoms with Gasteiger partial charge < -0.3 is 120 Å². The van der Waals surface area contributed by atoms with Crippen LogP contribution in [-0.4, -0.2) is 311 Å². The Kier molecular flexibility index (Phi) is 40.8. The van der Waals surface area contributed by atoms with Gasteiger partial charge in [-0.2, -0.15) is 0 Å². The summed E-state index contributed by atoms with van der Waals surface area (Å²) in [4.78, 5) is 289. The Labute approximate surface area is 787 Å². The van der Waals surface area contributed by atoms with Gasteiger partial charge in [0.2, 0.25) is 100 Å². The lowest BCUT2D eigenvalue weighted by atomic mass is 9.99. The molecular weight excluding hydrogens is 1790 g/mol. The van der Waals surface area contributed by atoms with E-state index in [1.165, 1.54) is 86.0 Å². The number of aromatic amines is 2. The molecule has 0 spiro atoms. The molecule has 6 aromatic rings. The zero-order valence-electron chi connectivity index (χ0n) is 76.6. The summed E-state index contributed by atoms with van der Waals surface area (Å²) in [5, 5.41) is 59.7. The molecule has 3 aromatic carbocycles. The highest BCUT2D eigenvalue weighted by Gasteiger charge is 2.44. The van der Waals surface area contributed by atoms with Crippen LogP contribution in [0.15, 0.2) is 96.9 Å². The van der Waals surface area contributed by atoms with E-state index >= 15 is 28.8 Å². The van der Waals surface area contributed by atoms with E-state index < -0.39 is 248 Å². The Morgan fingerprint density at radius 1 is 0.563 bits per heavy atom. The molecule has 8 rings (SSSR count). The minimum Gasteiger partial charge on any atom is -0.508 e. The molecule has 732 valence electrons. The number of thioether (sulfide) groups is 1. The van der Waals surface area contributed by atoms with E-state index in [9.17, 15) is 77.6 Å². The molecule has 21 N–H and O–H groups in total. The maximum Gasteiger partial charge on any atom is 0.323 e. The van der Waals surface area contributed by atoms with Gasteiger partial charge in [-0.15, -0.1) is 23.1 Å². The van der Waals surface area contributed by atoms with Crippen LogP contribution in [0.3, 0.4) is 0 Å². The van der Waals surface area contributed by atoms with Crippen molar-refractivity contribution in [2.45, 2.75) is 222 Å². The molecule has 0 unspecified atom stereocenters. The molecule has 5 heterocycles. The highest BCUT2D eigenvalue weighted by Crippen LogP contribution is 2.29. The molecule has 0 aliphatic carbocycles. The number of unbranched alkanes of at least 4 members (excludes halogenated alkanes) is 2. The Morgan fingerprint density at radius 3 is 1.79 bits per heavy atom. The van der Waals surface area contributed by atoms with Crippen molar-refractivity contribution in [2.75, 3.05) is 65.4 Å². The van der Waals surface area contributed by atoms with Crippen LogP contribution >= 0.6 is 23.1 Å². The minimum absolute atomic E-state index is 0.0129. The second-order valence-electron chi connectivity index (χ2n) is 34.0. The summed E-state index contributed by atoms with van der Waals surface area (Å²) in [6.07, 6.45) is 1.62. The van der Waals surface area contributed by atoms with Gasteiger partial charge in [-0.1, -0.05) is 102 Å². The number of benzene rings is 3. The number of carbonyl (C=O) groups excluding carboxylic acids is 17. The maximum atomic E-state index is 15.8. The van der Waals surface area contributed by atoms with Crippen molar-refractivity contribution in [1.29, 1.82) is 0 Å². The van der Waals surface area contributed by atoms with Crippen molar-refractivity contribution in [3.8, 4) is 5.75 Å². The van der Waals surface area contributed by atoms with Gasteiger partial charge in [0, 0.05) is 93.5 Å². The van der Waals surface area contributed by atoms with Gasteiger partial charge in [-0.25, -0.2) is 4.98 Å². The number of hydrogen-bond acceptors (Lipinski definition) is 24. The predicted molar refractivity (Wildman–Crippen MR) is 496 cm³/mol. The Hall–Kier alpha value is -13.6. The summed E-state index contributed by atoms with van der Waals surface area (Å²) in [5.41, 5.74) is 19.4. The molecule has 135 heavy (non-hydrogen) atoms. The number of carbonyl (C=O) groups is 19. The van der Waals surface area contributed by atoms with Crippen LogP contribution in [0.25, 0.3) is 21.0 Å². The number of carboxylic acid groups (broad SMARTS) is 2. The van der Waals surface area contributed by atoms with Crippen molar-refractivity contribution in [3.63, 3.8) is 0 Å². The molecule has 43 nitrogen and oxygen atoms in total. The number of carboxylic acids is 2. The predicted octanol–water partition coefficient (Wildman–Crippen LogP) is -1.29. The monoisotopic (exact) mass is 1910 g/mol. The fraction of sp³-hybridized carbons (Fsp3) is 0.511. The Morgan fingerprint density at radius 2 is 1.15 bits per heavy atom. The van der Waals surface area contributed by atoms with Crippen LogP contribution in [0.2, 0.25) is 0 Å². The number of fused-ring (bicyclic) bond motifs is 3. The third-order valence-corrected chi connectivity index (χ3v) is 25.3. The number of thiophene rings is 1. The van der Waals surface area contributed by atoms with Crippen molar-refractivity contribution in [2.24, 2.45) is 23.1 Å². The summed E-state index contributed by atoms with van der Waals surface area (Å²) < 4.78 is 0.813. The normalized spacial score (nSPS) is 23.2. The third kappa shape index (κ3) is 31.3. The molecule has 45 heteroatoms. The van der Waals surface area contributed by atoms with Gasteiger partial charge in [-0.3, -0.25) is 91.1 Å². The lowest BCUT2D eigenvalue weighted by Crippen LogP contribution is -2.61. The van der Waals surface area contributed by atoms with Gasteiger partial charge >= 0.3 is 11.9 Å². The number of phenols is 1. The van der Waals surface area contributed by atoms with Crippen LogP contribution in [-0.2, 0) is 117 Å². The van der Waals surface area contributed by atoms with Crippen LogP contribution < -0.4 is 70.4 Å². The smallest absolute Gasteiger partial charge is 0.323 e. The average molecular weight is 1920 g/mol. The molecule has 2 aliphatic heterocycles. The first-order valence-corrected chi connectivity index (χ1v) is 46.7. The lowest BCUT2D eigenvalue weighted by molar-refractivity contribution is -0.149. The number of likely N-dealkylation sites (N-methyl/N-ethyl adjacent to an activating group) is 3. The van der Waals surface area contributed by atoms with Crippen molar-refractivity contribution >= 4 is 156 Å². The van der Waals surface area contributed by atoms with Crippen LogP contribution in [0.4, 0.5) is 0 Å². The second kappa shape index (κ2) is 51.6. The number of aliphatic carboxylic acids is 2. The van der Waals surface area contributed by atoms with Gasteiger partial charge in [0.25, 0.3) is 0 Å². The zero-order chi connectivity index (χ0) is 99.0. The highest BCUT2D eigenvalue weighted by molar-refractivity contribution is 8.00. The number of para-hydroxylation sites is 1. The number of H-pyrrole nitrogens is 2. The second-order valence-corrected chi connectivity index (χ2v) is 35.9. The fourth-order valence-electron chi connectivity index (χ4n) is 15.9. The van der Waals surface area contributed by atoms with Crippen LogP contribution in [0.1, 0.15) is 140 Å². The number of nitrogens with zero attached hydrogens (tertiary/aromatic N) is 6. The molecule has 13 atom stereocenters. The van der Waals surface area contributed by atoms with Crippen molar-refractivity contribution in [3.05, 3.63) is 119 Å². The number of nitrogens with two attached hydrogens (primary N) is 3. The molecule has 3 aromatic heterocycles. The minimum atomic E-state index is -2.01. The van der Waals surface area contributed by atoms with Crippen LogP contribution in [0, 0.1) is 5.92 Å². The molecule has 0 saturated carbocycles. The van der Waals surface area contributed by atoms with E-state index in [2.05, 4.69) is 68.1 Å². The van der Waals surface area contributed by atoms with Gasteiger partial charge in [-0.05, 0) is 116 Å². The molecule has 0 radical (unpaired) electrons. The molecule has 2 aliphatic rings. The molecular formula is C90H123N21O22S2. The van der Waals surface area contributed by atoms with Crippen molar-refractivity contribution in [1.82, 2.24) is 92.6 Å². The number of primary amides is 2. The van der Waals surface area contributed by atoms with E-state index in [-0.39, 0.29) is 88.2 Å². The van der Waals surface area contributed by atoms with Gasteiger partial charge in [0.05, 0.1) is 30.7 Å². The maximum absolute atomic E-state index is 15.8. The quantitative estimate of drug-likeness (QED) is 0.0272. The summed E-state index contributed by atoms with van der Waals surface area (Å²) in [6, 6.07) is -1.13. The number of amides is 17. The number of imidazole rings is 1. The summed E-state index contributed by atoms with van der Waals surface area (Å²) in [7, 11) is 3.93. The zero-order valence-corrected chi connectivity index (χ0v) is 78.3. The third-order valence-electron chi connectivity index (χ3n) is 23.3. The first-order chi connectivity index (χ1) is 64.2. The number of hydrogen-bond donors (Lipinski definition) is 18. The summed E-state index contributed by atoms with van der Waals surface area (Å²) in [5.74, 6) is -21.7. The molecule has 2 fully saturated rings. The van der Waals surface area contributed by atoms with Gasteiger partial charge in [0.1, 0.15) is 97.4 Å². The number of aromatic nitrogens is 3. The summed E-state index contributed by atoms with van der Waals surface area (Å²) in [6.45, 7) is 4.78. The topological polar surface area (TPSA) is 644 Å². The highest BCUT2D eigenvalue weighted by atomic mass is 32.2. The van der Waals surface area contributed by atoms with E-state index in [1.54, 1.807) is 55.8 Å². The van der Waals surface area contributed by atoms with Gasteiger partial charge in [0.15, 0.2) is 0 Å². The number of phenolic OH excluding ortho intramolecular Hbond substituents is 1. The Balaban J connectivity index is 1.21. The largest absolute Gasteiger partial charge is 0.508 e. The van der Waals surface area contributed by atoms with E-state index in [4.69, 9.17) is 17.2 Å². The summed E-state index contributed by atoms with van der Waals surface area (Å²) >= 11 is 2.13. The lowest BCUT2D eigenvalue weighted by Gasteiger charge is -2.36. The molecule has 2 saturated heterocycles. The molecule has 17 amide bonds. The van der Waals surface area contributed by atoms with E-state index in [0.717, 1.165) is 26.3 Å². The fourth-order valence-corrected chi connectivity index (χ4v) is 17.7. The number of nitrogens with one attached hydrogen (secondary N) is 12. The molecule has 0 bridgehead atoms. The number of rotatable bonds is 28. The SMILES string of the molecule is CCCC[C@H]1C(=O)N(C)[C@@H](CCCC)C(=O)N[C@@H](CC(C)C)C(=O)N[C@H](C(=O)NCC(N)=O)CSCC(=O)N[C@@H](Cc2ccc(O)cc2)C(=O)N(C)[C@@H](C)C(=O)N[C@@H](CC(N)=O)C(=O)N2CCC[C@H]2C(=O)N[C@@H](Cc2c[nH]cn2)C(=O)N[C@@H](CCC(=O)O)C(=O)N(CC(=O)O)CC(=O)N[C@@H](Cc2c[nH]c3ccccc23)C(=O)N[C@@H](CCN)C(=O)N[C@@H](Cc2csc3ccccc23)C(=O)N1C. The van der Waals surface area contributed by atoms with E-state index in [1.807, 2.05) is 32.0 Å². The standard InChI is InChI=1S/C90H123N21O22S2/c1-9-11-21-68-84(127)102-61(34-49(3)4)81(124)106-67(79(122)96-42-73(93)114)46-134-47-75(116)99-64(35-51-25-27-55(112)28-26-51)86(129)107(6)50(5)78(121)104-66(39-72(92)113)89(132)111-33-17-23-69(111)85(128)103-63(38-54-41-94-48-97-54)83(126)101-60(29-30-76(117)118)88(131)110(44-77(119)120)43-74(115)98-62(36-52-40-95-58-20-15-13-18-56(52)58)82(125)100-59(31-32-91)80(123)105-65(37-53-45-135-71-24-16-14-19-57(53)71)87(130)109(8)70(22-12-10-2)90(133)108(68)7/h13-16,18-20,24-28,40-41,45,48-50,59-70,95,112H,9-12,17,21-23,29-39,42-44,46-47,91H2,1-8H3,(H2,92,113)(H2,93,114)(H,94,97)(H,96,122)(H,98,115)(H,99,116)(H,100,125)(H,101,126)(H,102,127)(H,103,128)(H,104,121)(H,105,123)(H,106,124)(H,117,118)(H,119,120)/t50-,59-,60-,61-,62-,63-,64-,65-,66-,67-,68-,69-,70-/m0/s1.